The lowest BCUT2D eigenvalue weighted by molar-refractivity contribution is -0.130. The Labute approximate surface area is 187 Å². The highest BCUT2D eigenvalue weighted by Gasteiger charge is 2.24. The number of nitrogens with zero attached hydrogens (tertiary/aromatic N) is 6. The monoisotopic (exact) mass is 429 g/mol. The summed E-state index contributed by atoms with van der Waals surface area (Å²) in [6.45, 7) is 10.4. The molecule has 0 spiro atoms. The van der Waals surface area contributed by atoms with E-state index >= 15 is 0 Å². The van der Waals surface area contributed by atoms with E-state index in [1.807, 2.05) is 68.0 Å². The quantitative estimate of drug-likeness (QED) is 0.664. The van der Waals surface area contributed by atoms with Crippen LogP contribution in [0.4, 0.5) is 11.6 Å². The third-order valence-corrected chi connectivity index (χ3v) is 6.17. The molecule has 164 valence electrons. The molecule has 1 N–H and O–H groups in total. The Morgan fingerprint density at radius 1 is 1.22 bits per heavy atom. The van der Waals surface area contributed by atoms with Crippen LogP contribution in [0.3, 0.4) is 0 Å². The Bertz CT molecular complexity index is 1220. The molecule has 1 saturated heterocycles. The molecule has 0 saturated carbocycles. The normalized spacial score (nSPS) is 15.0. The number of hydrogen-bond acceptors (Lipinski definition) is 7. The fourth-order valence-electron chi connectivity index (χ4n) is 4.21. The zero-order valence-electron chi connectivity index (χ0n) is 18.9. The van der Waals surface area contributed by atoms with Gasteiger partial charge in [0.1, 0.15) is 5.82 Å². The molecule has 1 aliphatic heterocycles. The fourth-order valence-corrected chi connectivity index (χ4v) is 4.21. The smallest absolute Gasteiger partial charge is 0.242 e. The van der Waals surface area contributed by atoms with Crippen LogP contribution in [0, 0.1) is 25.2 Å². The zero-order chi connectivity index (χ0) is 22.8. The second-order valence-electron chi connectivity index (χ2n) is 8.11. The Kier molecular flexibility index (Phi) is 5.91. The molecule has 3 aromatic rings. The zero-order valence-corrected chi connectivity index (χ0v) is 18.9. The third-order valence-electron chi connectivity index (χ3n) is 6.17. The van der Waals surface area contributed by atoms with Crippen LogP contribution in [0.15, 0.2) is 30.5 Å². The molecule has 0 radical (unpaired) electrons. The first-order valence-corrected chi connectivity index (χ1v) is 10.8. The number of amides is 1. The number of benzene rings is 1. The van der Waals surface area contributed by atoms with Gasteiger partial charge in [0.05, 0.1) is 29.9 Å². The standard InChI is InChI=1S/C24H27N7O/c1-5-30-9-10-31(14-23(30)32)22-11-20-21(13-26-22)17(4)28-29-24(20)27-16(3)19-8-6-7-18(12-25)15(19)2/h6-8,11,13,16H,5,9-10,14H2,1-4H3,(H,27,29)/t16-/m1/s1. The summed E-state index contributed by atoms with van der Waals surface area (Å²) in [7, 11) is 0. The molecular weight excluding hydrogens is 402 g/mol. The molecule has 0 aliphatic carbocycles. The number of likely N-dealkylation sites (N-methyl/N-ethyl adjacent to an activating group) is 1. The number of nitriles is 1. The summed E-state index contributed by atoms with van der Waals surface area (Å²) in [5, 5.41) is 23.4. The third kappa shape index (κ3) is 3.94. The molecule has 4 rings (SSSR count). The first-order valence-electron chi connectivity index (χ1n) is 10.8. The van der Waals surface area contributed by atoms with Crippen molar-refractivity contribution in [2.75, 3.05) is 36.4 Å². The minimum Gasteiger partial charge on any atom is -0.362 e. The van der Waals surface area contributed by atoms with Crippen LogP contribution in [-0.2, 0) is 4.79 Å². The molecule has 0 bridgehead atoms. The van der Waals surface area contributed by atoms with Crippen LogP contribution in [0.5, 0.6) is 0 Å². The van der Waals surface area contributed by atoms with Gasteiger partial charge in [-0.1, -0.05) is 12.1 Å². The summed E-state index contributed by atoms with van der Waals surface area (Å²) in [5.74, 6) is 1.53. The molecule has 1 aromatic carbocycles. The molecule has 32 heavy (non-hydrogen) atoms. The van der Waals surface area contributed by atoms with Gasteiger partial charge in [-0.25, -0.2) is 4.98 Å². The first-order chi connectivity index (χ1) is 15.4. The Morgan fingerprint density at radius 3 is 2.75 bits per heavy atom. The second kappa shape index (κ2) is 8.79. The number of pyridine rings is 1. The van der Waals surface area contributed by atoms with E-state index in [0.717, 1.165) is 46.5 Å². The molecule has 8 nitrogen and oxygen atoms in total. The van der Waals surface area contributed by atoms with E-state index < -0.39 is 0 Å². The van der Waals surface area contributed by atoms with E-state index in [9.17, 15) is 10.1 Å². The van der Waals surface area contributed by atoms with Gasteiger partial charge in [-0.15, -0.1) is 5.10 Å². The van der Waals surface area contributed by atoms with Gasteiger partial charge < -0.3 is 15.1 Å². The number of aromatic nitrogens is 3. The van der Waals surface area contributed by atoms with Gasteiger partial charge >= 0.3 is 0 Å². The lowest BCUT2D eigenvalue weighted by Gasteiger charge is -2.34. The molecule has 3 heterocycles. The van der Waals surface area contributed by atoms with E-state index in [1.54, 1.807) is 0 Å². The van der Waals surface area contributed by atoms with Crippen molar-refractivity contribution in [3.63, 3.8) is 0 Å². The summed E-state index contributed by atoms with van der Waals surface area (Å²) in [6, 6.07) is 9.89. The van der Waals surface area contributed by atoms with Gasteiger partial charge in [0.2, 0.25) is 5.91 Å². The predicted octanol–water partition coefficient (Wildman–Crippen LogP) is 3.35. The van der Waals surface area contributed by atoms with Crippen LogP contribution in [0.1, 0.15) is 42.3 Å². The van der Waals surface area contributed by atoms with Gasteiger partial charge in [0.25, 0.3) is 0 Å². The highest BCUT2D eigenvalue weighted by molar-refractivity contribution is 5.94. The average molecular weight is 430 g/mol. The lowest BCUT2D eigenvalue weighted by Crippen LogP contribution is -2.50. The van der Waals surface area contributed by atoms with E-state index in [1.165, 1.54) is 0 Å². The van der Waals surface area contributed by atoms with Crippen molar-refractivity contribution in [2.45, 2.75) is 33.7 Å². The van der Waals surface area contributed by atoms with Crippen molar-refractivity contribution in [3.05, 3.63) is 52.8 Å². The summed E-state index contributed by atoms with van der Waals surface area (Å²) < 4.78 is 0. The van der Waals surface area contributed by atoms with E-state index in [4.69, 9.17) is 0 Å². The predicted molar refractivity (Wildman–Crippen MR) is 124 cm³/mol. The van der Waals surface area contributed by atoms with E-state index in [2.05, 4.69) is 26.6 Å². The topological polar surface area (TPSA) is 98.0 Å². The number of rotatable bonds is 5. The molecule has 1 amide bonds. The minimum absolute atomic E-state index is 0.0743. The van der Waals surface area contributed by atoms with Crippen molar-refractivity contribution in [2.24, 2.45) is 0 Å². The van der Waals surface area contributed by atoms with Gasteiger partial charge in [-0.3, -0.25) is 4.79 Å². The second-order valence-corrected chi connectivity index (χ2v) is 8.11. The van der Waals surface area contributed by atoms with Crippen LogP contribution in [-0.4, -0.2) is 52.2 Å². The fraction of sp³-hybridized carbons (Fsp3) is 0.375. The van der Waals surface area contributed by atoms with E-state index in [0.29, 0.717) is 24.5 Å². The molecule has 0 unspecified atom stereocenters. The van der Waals surface area contributed by atoms with Crippen LogP contribution < -0.4 is 10.2 Å². The number of hydrogen-bond donors (Lipinski definition) is 1. The van der Waals surface area contributed by atoms with Crippen molar-refractivity contribution in [1.29, 1.82) is 5.26 Å². The molecule has 2 aromatic heterocycles. The van der Waals surface area contributed by atoms with Crippen LogP contribution >= 0.6 is 0 Å². The largest absolute Gasteiger partial charge is 0.362 e. The maximum atomic E-state index is 12.4. The molecule has 1 aliphatic rings. The van der Waals surface area contributed by atoms with Crippen LogP contribution in [0.25, 0.3) is 10.8 Å². The van der Waals surface area contributed by atoms with Crippen LogP contribution in [0.2, 0.25) is 0 Å². The molecule has 8 heteroatoms. The number of aryl methyl sites for hydroxylation is 1. The minimum atomic E-state index is -0.0743. The SMILES string of the molecule is CCN1CCN(c2cc3c(N[C@H](C)c4cccc(C#N)c4C)nnc(C)c3cn2)CC1=O. The highest BCUT2D eigenvalue weighted by atomic mass is 16.2. The number of carbonyl (C=O) groups is 1. The van der Waals surface area contributed by atoms with Crippen molar-refractivity contribution < 1.29 is 4.79 Å². The number of nitrogens with one attached hydrogen (secondary N) is 1. The maximum Gasteiger partial charge on any atom is 0.242 e. The first kappa shape index (κ1) is 21.5. The summed E-state index contributed by atoms with van der Waals surface area (Å²) >= 11 is 0. The Balaban J connectivity index is 1.68. The number of carbonyl (C=O) groups excluding carboxylic acids is 1. The van der Waals surface area contributed by atoms with Gasteiger partial charge in [0.15, 0.2) is 5.82 Å². The van der Waals surface area contributed by atoms with Gasteiger partial charge in [-0.2, -0.15) is 10.4 Å². The summed E-state index contributed by atoms with van der Waals surface area (Å²) in [5.41, 5.74) is 3.45. The summed E-state index contributed by atoms with van der Waals surface area (Å²) in [4.78, 5) is 20.9. The Hall–Kier alpha value is -3.73. The number of anilines is 2. The number of fused-ring (bicyclic) bond motifs is 1. The van der Waals surface area contributed by atoms with Gasteiger partial charge in [0, 0.05) is 36.6 Å². The molecule has 1 atom stereocenters. The van der Waals surface area contributed by atoms with Crippen molar-refractivity contribution in [1.82, 2.24) is 20.1 Å². The maximum absolute atomic E-state index is 12.4. The van der Waals surface area contributed by atoms with Crippen molar-refractivity contribution >= 4 is 28.3 Å². The number of piperazine rings is 1. The summed E-state index contributed by atoms with van der Waals surface area (Å²) in [6.07, 6.45) is 1.81. The Morgan fingerprint density at radius 2 is 2.03 bits per heavy atom. The molecule has 1 fully saturated rings. The van der Waals surface area contributed by atoms with Gasteiger partial charge in [-0.05, 0) is 51.0 Å². The van der Waals surface area contributed by atoms with E-state index in [-0.39, 0.29) is 11.9 Å². The highest BCUT2D eigenvalue weighted by Crippen LogP contribution is 2.30. The molecular formula is C24H27N7O. The average Bonchev–Trinajstić information content (AvgIpc) is 2.80. The van der Waals surface area contributed by atoms with Crippen molar-refractivity contribution in [3.8, 4) is 6.07 Å². The lowest BCUT2D eigenvalue weighted by atomic mass is 9.98.